The highest BCUT2D eigenvalue weighted by Gasteiger charge is 2.22. The molecule has 2 amide bonds. The van der Waals surface area contributed by atoms with Gasteiger partial charge in [-0.1, -0.05) is 6.08 Å². The van der Waals surface area contributed by atoms with E-state index in [-0.39, 0.29) is 24.0 Å². The minimum Gasteiger partial charge on any atom is -0.393 e. The molecule has 1 aromatic carbocycles. The van der Waals surface area contributed by atoms with E-state index in [2.05, 4.69) is 22.1 Å². The van der Waals surface area contributed by atoms with Crippen molar-refractivity contribution >= 4 is 11.7 Å². The summed E-state index contributed by atoms with van der Waals surface area (Å²) in [5, 5.41) is 15.1. The average molecular weight is 321 g/mol. The van der Waals surface area contributed by atoms with Crippen LogP contribution in [0.25, 0.3) is 0 Å². The van der Waals surface area contributed by atoms with Gasteiger partial charge < -0.3 is 20.6 Å². The van der Waals surface area contributed by atoms with Gasteiger partial charge in [0, 0.05) is 30.9 Å². The summed E-state index contributed by atoms with van der Waals surface area (Å²) in [6.45, 7) is 7.18. The number of urea groups is 1. The van der Waals surface area contributed by atoms with Crippen LogP contribution in [-0.2, 0) is 0 Å². The lowest BCUT2D eigenvalue weighted by Crippen LogP contribution is -2.39. The summed E-state index contributed by atoms with van der Waals surface area (Å²) >= 11 is 0. The lowest BCUT2D eigenvalue weighted by atomic mass is 10.0. The highest BCUT2D eigenvalue weighted by molar-refractivity contribution is 5.75. The minimum absolute atomic E-state index is 0.268. The average Bonchev–Trinajstić information content (AvgIpc) is 2.53. The van der Waals surface area contributed by atoms with Crippen molar-refractivity contribution in [1.82, 2.24) is 10.6 Å². The number of benzene rings is 1. The molecule has 0 aromatic heterocycles. The number of carbonyl (C=O) groups is 1. The smallest absolute Gasteiger partial charge is 0.315 e. The van der Waals surface area contributed by atoms with E-state index >= 15 is 0 Å². The van der Waals surface area contributed by atoms with Gasteiger partial charge in [0.25, 0.3) is 0 Å². The number of hydrogen-bond acceptors (Lipinski definition) is 3. The van der Waals surface area contributed by atoms with Crippen molar-refractivity contribution in [1.29, 1.82) is 0 Å². The van der Waals surface area contributed by atoms with E-state index < -0.39 is 0 Å². The molecule has 6 heteroatoms. The van der Waals surface area contributed by atoms with Gasteiger partial charge >= 0.3 is 6.03 Å². The summed E-state index contributed by atoms with van der Waals surface area (Å²) in [6.07, 6.45) is 2.71. The quantitative estimate of drug-likeness (QED) is 0.729. The summed E-state index contributed by atoms with van der Waals surface area (Å²) in [7, 11) is 0. The van der Waals surface area contributed by atoms with Gasteiger partial charge in [0.1, 0.15) is 5.82 Å². The number of anilines is 1. The maximum Gasteiger partial charge on any atom is 0.315 e. The first-order valence-electron chi connectivity index (χ1n) is 7.89. The first-order chi connectivity index (χ1) is 11.0. The van der Waals surface area contributed by atoms with Gasteiger partial charge in [0.2, 0.25) is 0 Å². The number of nitrogens with zero attached hydrogens (tertiary/aromatic N) is 1. The molecule has 0 aliphatic carbocycles. The van der Waals surface area contributed by atoms with E-state index in [1.165, 1.54) is 12.1 Å². The van der Waals surface area contributed by atoms with Gasteiger partial charge in [-0.05, 0) is 38.0 Å². The Morgan fingerprint density at radius 2 is 2.22 bits per heavy atom. The summed E-state index contributed by atoms with van der Waals surface area (Å²) < 4.78 is 13.7. The van der Waals surface area contributed by atoms with Crippen LogP contribution in [-0.4, -0.2) is 36.9 Å². The molecule has 1 aromatic rings. The van der Waals surface area contributed by atoms with E-state index in [9.17, 15) is 14.3 Å². The molecule has 2 rings (SSSR count). The molecular weight excluding hydrogens is 297 g/mol. The number of halogens is 1. The minimum atomic E-state index is -0.336. The fraction of sp³-hybridized carbons (Fsp3) is 0.471. The first-order valence-corrected chi connectivity index (χ1v) is 7.89. The zero-order chi connectivity index (χ0) is 16.8. The van der Waals surface area contributed by atoms with E-state index in [0.717, 1.165) is 24.3 Å². The third kappa shape index (κ3) is 4.69. The second-order valence-corrected chi connectivity index (χ2v) is 5.79. The first kappa shape index (κ1) is 17.3. The molecule has 0 radical (unpaired) electrons. The fourth-order valence-electron chi connectivity index (χ4n) is 2.76. The number of amides is 2. The molecule has 3 N–H and O–H groups in total. The number of rotatable bonds is 5. The SMILES string of the molecule is C=CCNC(=O)NC(C)c1cc(F)ccc1N1CCC(O)CC1. The Balaban J connectivity index is 2.14. The Morgan fingerprint density at radius 3 is 2.87 bits per heavy atom. The molecule has 1 unspecified atom stereocenters. The molecular formula is C17H24FN3O2. The number of piperidine rings is 1. The van der Waals surface area contributed by atoms with Crippen LogP contribution in [0, 0.1) is 5.82 Å². The van der Waals surface area contributed by atoms with Crippen molar-refractivity contribution in [3.05, 3.63) is 42.2 Å². The van der Waals surface area contributed by atoms with E-state index in [0.29, 0.717) is 19.4 Å². The lowest BCUT2D eigenvalue weighted by molar-refractivity contribution is 0.145. The highest BCUT2D eigenvalue weighted by Crippen LogP contribution is 2.29. The molecule has 1 saturated heterocycles. The zero-order valence-electron chi connectivity index (χ0n) is 13.4. The number of nitrogens with one attached hydrogen (secondary N) is 2. The molecule has 5 nitrogen and oxygen atoms in total. The topological polar surface area (TPSA) is 64.6 Å². The van der Waals surface area contributed by atoms with Crippen LogP contribution in [0.2, 0.25) is 0 Å². The molecule has 0 bridgehead atoms. The van der Waals surface area contributed by atoms with Gasteiger partial charge in [-0.3, -0.25) is 0 Å². The fourth-order valence-corrected chi connectivity index (χ4v) is 2.76. The van der Waals surface area contributed by atoms with Crippen molar-refractivity contribution in [2.75, 3.05) is 24.5 Å². The summed E-state index contributed by atoms with van der Waals surface area (Å²) in [5.41, 5.74) is 1.63. The van der Waals surface area contributed by atoms with Gasteiger partial charge in [-0.2, -0.15) is 0 Å². The molecule has 0 spiro atoms. The van der Waals surface area contributed by atoms with Crippen LogP contribution in [0.5, 0.6) is 0 Å². The molecule has 1 heterocycles. The van der Waals surface area contributed by atoms with Crippen molar-refractivity contribution in [2.24, 2.45) is 0 Å². The molecule has 1 fully saturated rings. The maximum absolute atomic E-state index is 13.7. The van der Waals surface area contributed by atoms with E-state index in [4.69, 9.17) is 0 Å². The van der Waals surface area contributed by atoms with Crippen molar-refractivity contribution < 1.29 is 14.3 Å². The summed E-state index contributed by atoms with van der Waals surface area (Å²) in [6, 6.07) is 3.97. The molecule has 0 saturated carbocycles. The largest absolute Gasteiger partial charge is 0.393 e. The van der Waals surface area contributed by atoms with Crippen LogP contribution in [0.4, 0.5) is 14.9 Å². The number of hydrogen-bond donors (Lipinski definition) is 3. The number of carbonyl (C=O) groups excluding carboxylic acids is 1. The third-order valence-electron chi connectivity index (χ3n) is 4.02. The Bertz CT molecular complexity index is 557. The predicted molar refractivity (Wildman–Crippen MR) is 89.0 cm³/mol. The standard InChI is InChI=1S/C17H24FN3O2/c1-3-8-19-17(23)20-12(2)15-11-13(18)4-5-16(15)21-9-6-14(22)7-10-21/h3-5,11-12,14,22H,1,6-10H2,2H3,(H2,19,20,23). The Labute approximate surface area is 136 Å². The monoisotopic (exact) mass is 321 g/mol. The lowest BCUT2D eigenvalue weighted by Gasteiger charge is -2.34. The Morgan fingerprint density at radius 1 is 1.52 bits per heavy atom. The van der Waals surface area contributed by atoms with Crippen LogP contribution in [0.3, 0.4) is 0 Å². The molecule has 23 heavy (non-hydrogen) atoms. The number of aliphatic hydroxyl groups is 1. The second-order valence-electron chi connectivity index (χ2n) is 5.79. The van der Waals surface area contributed by atoms with Crippen molar-refractivity contribution in [3.63, 3.8) is 0 Å². The van der Waals surface area contributed by atoms with Gasteiger partial charge in [-0.25, -0.2) is 9.18 Å². The number of aliphatic hydroxyl groups excluding tert-OH is 1. The molecule has 126 valence electrons. The van der Waals surface area contributed by atoms with Crippen LogP contribution < -0.4 is 15.5 Å². The summed E-state index contributed by atoms with van der Waals surface area (Å²) in [5.74, 6) is -0.332. The van der Waals surface area contributed by atoms with Crippen LogP contribution >= 0.6 is 0 Å². The third-order valence-corrected chi connectivity index (χ3v) is 4.02. The van der Waals surface area contributed by atoms with Gasteiger partial charge in [0.05, 0.1) is 12.1 Å². The summed E-state index contributed by atoms with van der Waals surface area (Å²) in [4.78, 5) is 13.9. The predicted octanol–water partition coefficient (Wildman–Crippen LogP) is 2.33. The van der Waals surface area contributed by atoms with Crippen molar-refractivity contribution in [3.8, 4) is 0 Å². The molecule has 1 atom stereocenters. The Hall–Kier alpha value is -2.08. The highest BCUT2D eigenvalue weighted by atomic mass is 19.1. The van der Waals surface area contributed by atoms with E-state index in [1.54, 1.807) is 12.1 Å². The van der Waals surface area contributed by atoms with Crippen LogP contribution in [0.1, 0.15) is 31.4 Å². The normalized spacial score (nSPS) is 16.7. The Kier molecular flexibility index (Phi) is 5.98. The van der Waals surface area contributed by atoms with Crippen molar-refractivity contribution in [2.45, 2.75) is 31.9 Å². The molecule has 1 aliphatic heterocycles. The maximum atomic E-state index is 13.7. The second kappa shape index (κ2) is 7.97. The van der Waals surface area contributed by atoms with Crippen LogP contribution in [0.15, 0.2) is 30.9 Å². The molecule has 1 aliphatic rings. The van der Waals surface area contributed by atoms with Gasteiger partial charge in [0.15, 0.2) is 0 Å². The zero-order valence-corrected chi connectivity index (χ0v) is 13.4. The van der Waals surface area contributed by atoms with E-state index in [1.807, 2.05) is 6.92 Å². The van der Waals surface area contributed by atoms with Gasteiger partial charge in [-0.15, -0.1) is 6.58 Å².